The molecule has 16 heavy (non-hydrogen) atoms. The van der Waals surface area contributed by atoms with Gasteiger partial charge in [-0.3, -0.25) is 4.79 Å². The van der Waals surface area contributed by atoms with Gasteiger partial charge in [0.15, 0.2) is 0 Å². The van der Waals surface area contributed by atoms with E-state index in [1.54, 1.807) is 24.3 Å². The highest BCUT2D eigenvalue weighted by Crippen LogP contribution is 2.26. The van der Waals surface area contributed by atoms with Gasteiger partial charge in [0.2, 0.25) is 0 Å². The molecule has 0 fully saturated rings. The lowest BCUT2D eigenvalue weighted by molar-refractivity contribution is 0.107. The van der Waals surface area contributed by atoms with Crippen molar-refractivity contribution in [3.8, 4) is 11.1 Å². The van der Waals surface area contributed by atoms with Crippen LogP contribution in [0, 0.1) is 5.82 Å². The van der Waals surface area contributed by atoms with E-state index in [1.165, 1.54) is 6.07 Å². The van der Waals surface area contributed by atoms with Crippen LogP contribution in [0.1, 0.15) is 10.4 Å². The summed E-state index contributed by atoms with van der Waals surface area (Å²) in [5.41, 5.74) is 1.21. The number of hydrogen-bond donors (Lipinski definition) is 0. The minimum absolute atomic E-state index is 0.0737. The van der Waals surface area contributed by atoms with Crippen LogP contribution in [0.3, 0.4) is 0 Å². The second-order valence-corrected chi connectivity index (χ2v) is 3.65. The molecular weight excluding hydrogens is 227 g/mol. The van der Waals surface area contributed by atoms with Gasteiger partial charge in [0.25, 0.3) is 5.24 Å². The number of benzene rings is 2. The van der Waals surface area contributed by atoms with Crippen molar-refractivity contribution in [2.45, 2.75) is 0 Å². The van der Waals surface area contributed by atoms with Crippen LogP contribution in [-0.2, 0) is 0 Å². The van der Waals surface area contributed by atoms with Gasteiger partial charge < -0.3 is 0 Å². The maximum Gasteiger partial charge on any atom is 0.255 e. The molecule has 0 unspecified atom stereocenters. The van der Waals surface area contributed by atoms with Crippen molar-refractivity contribution in [3.05, 3.63) is 59.9 Å². The molecule has 1 nitrogen and oxygen atoms in total. The Bertz CT molecular complexity index is 523. The smallest absolute Gasteiger partial charge is 0.255 e. The fourth-order valence-corrected chi connectivity index (χ4v) is 1.77. The first-order valence-electron chi connectivity index (χ1n) is 4.74. The molecule has 80 valence electrons. The second kappa shape index (κ2) is 4.45. The fraction of sp³-hybridized carbons (Fsp3) is 0. The summed E-state index contributed by atoms with van der Waals surface area (Å²) in [7, 11) is 0. The summed E-state index contributed by atoms with van der Waals surface area (Å²) >= 11 is 5.38. The van der Waals surface area contributed by atoms with Crippen molar-refractivity contribution in [2.24, 2.45) is 0 Å². The summed E-state index contributed by atoms with van der Waals surface area (Å²) in [5.74, 6) is -0.596. The molecular formula is C13H8ClFO. The van der Waals surface area contributed by atoms with Gasteiger partial charge in [0, 0.05) is 0 Å². The normalized spacial score (nSPS) is 10.1. The van der Waals surface area contributed by atoms with E-state index in [0.717, 1.165) is 5.56 Å². The Kier molecular flexibility index (Phi) is 3.02. The quantitative estimate of drug-likeness (QED) is 0.721. The first-order chi connectivity index (χ1) is 7.70. The van der Waals surface area contributed by atoms with Crippen molar-refractivity contribution in [2.75, 3.05) is 0 Å². The summed E-state index contributed by atoms with van der Waals surface area (Å²) < 4.78 is 13.5. The molecule has 0 atom stereocenters. The lowest BCUT2D eigenvalue weighted by atomic mass is 10.00. The molecule has 2 aromatic rings. The molecule has 0 bridgehead atoms. The molecule has 0 saturated heterocycles. The van der Waals surface area contributed by atoms with Crippen molar-refractivity contribution in [3.63, 3.8) is 0 Å². The minimum Gasteiger partial charge on any atom is -0.275 e. The molecule has 0 heterocycles. The van der Waals surface area contributed by atoms with E-state index in [1.807, 2.05) is 18.2 Å². The van der Waals surface area contributed by atoms with Gasteiger partial charge in [0.1, 0.15) is 5.82 Å². The molecule has 0 aromatic heterocycles. The van der Waals surface area contributed by atoms with E-state index in [0.29, 0.717) is 5.56 Å². The summed E-state index contributed by atoms with van der Waals surface area (Å²) in [6, 6.07) is 13.6. The summed E-state index contributed by atoms with van der Waals surface area (Å²) in [6.45, 7) is 0. The zero-order valence-corrected chi connectivity index (χ0v) is 9.04. The monoisotopic (exact) mass is 234 g/mol. The minimum atomic E-state index is -0.781. The van der Waals surface area contributed by atoms with E-state index in [-0.39, 0.29) is 5.56 Å². The molecule has 2 rings (SSSR count). The number of carbonyl (C=O) groups is 1. The topological polar surface area (TPSA) is 17.1 Å². The average molecular weight is 235 g/mol. The van der Waals surface area contributed by atoms with E-state index in [4.69, 9.17) is 11.6 Å². The Morgan fingerprint density at radius 1 is 1.00 bits per heavy atom. The van der Waals surface area contributed by atoms with Gasteiger partial charge in [-0.25, -0.2) is 4.39 Å². The summed E-state index contributed by atoms with van der Waals surface area (Å²) in [5, 5.41) is -0.781. The fourth-order valence-electron chi connectivity index (χ4n) is 1.58. The Balaban J connectivity index is 2.66. The molecule has 2 aromatic carbocycles. The molecule has 3 heteroatoms. The van der Waals surface area contributed by atoms with Crippen LogP contribution in [0.25, 0.3) is 11.1 Å². The highest BCUT2D eigenvalue weighted by molar-refractivity contribution is 6.68. The molecule has 0 spiro atoms. The zero-order valence-electron chi connectivity index (χ0n) is 8.28. The maximum absolute atomic E-state index is 13.5. The van der Waals surface area contributed by atoms with Gasteiger partial charge >= 0.3 is 0 Å². The van der Waals surface area contributed by atoms with E-state index < -0.39 is 11.1 Å². The third-order valence-electron chi connectivity index (χ3n) is 2.29. The third-order valence-corrected chi connectivity index (χ3v) is 2.48. The van der Waals surface area contributed by atoms with Crippen LogP contribution in [0.4, 0.5) is 4.39 Å². The molecule has 0 saturated carbocycles. The highest BCUT2D eigenvalue weighted by Gasteiger charge is 2.15. The molecule has 0 aliphatic carbocycles. The maximum atomic E-state index is 13.5. The number of rotatable bonds is 2. The number of hydrogen-bond acceptors (Lipinski definition) is 1. The summed E-state index contributed by atoms with van der Waals surface area (Å²) in [4.78, 5) is 11.2. The SMILES string of the molecule is O=C(Cl)c1c(F)cccc1-c1ccccc1. The van der Waals surface area contributed by atoms with Gasteiger partial charge in [-0.15, -0.1) is 0 Å². The van der Waals surface area contributed by atoms with Crippen molar-refractivity contribution >= 4 is 16.8 Å². The highest BCUT2D eigenvalue weighted by atomic mass is 35.5. The van der Waals surface area contributed by atoms with Crippen LogP contribution >= 0.6 is 11.6 Å². The number of carbonyl (C=O) groups excluding carboxylic acids is 1. The summed E-state index contributed by atoms with van der Waals surface area (Å²) in [6.07, 6.45) is 0. The molecule has 0 aliphatic heterocycles. The van der Waals surface area contributed by atoms with Gasteiger partial charge in [-0.1, -0.05) is 42.5 Å². The molecule has 0 amide bonds. The molecule has 0 aliphatic rings. The van der Waals surface area contributed by atoms with Gasteiger partial charge in [-0.05, 0) is 28.8 Å². The first-order valence-corrected chi connectivity index (χ1v) is 5.11. The largest absolute Gasteiger partial charge is 0.275 e. The Morgan fingerprint density at radius 2 is 1.69 bits per heavy atom. The van der Waals surface area contributed by atoms with Crippen LogP contribution in [0.15, 0.2) is 48.5 Å². The first kappa shape index (κ1) is 10.8. The zero-order chi connectivity index (χ0) is 11.5. The predicted molar refractivity (Wildman–Crippen MR) is 62.0 cm³/mol. The second-order valence-electron chi connectivity index (χ2n) is 3.30. The van der Waals surface area contributed by atoms with Crippen LogP contribution in [0.5, 0.6) is 0 Å². The third kappa shape index (κ3) is 1.97. The van der Waals surface area contributed by atoms with Crippen LogP contribution < -0.4 is 0 Å². The van der Waals surface area contributed by atoms with Crippen molar-refractivity contribution < 1.29 is 9.18 Å². The molecule has 0 radical (unpaired) electrons. The van der Waals surface area contributed by atoms with Crippen LogP contribution in [0.2, 0.25) is 0 Å². The Hall–Kier alpha value is -1.67. The standard InChI is InChI=1S/C13H8ClFO/c14-13(16)12-10(7-4-8-11(12)15)9-5-2-1-3-6-9/h1-8H. The Morgan fingerprint density at radius 3 is 2.31 bits per heavy atom. The van der Waals surface area contributed by atoms with Crippen molar-refractivity contribution in [1.82, 2.24) is 0 Å². The predicted octanol–water partition coefficient (Wildman–Crippen LogP) is 3.87. The van der Waals surface area contributed by atoms with Crippen LogP contribution in [-0.4, -0.2) is 5.24 Å². The molecule has 0 N–H and O–H groups in total. The lowest BCUT2D eigenvalue weighted by Gasteiger charge is -2.06. The van der Waals surface area contributed by atoms with E-state index in [2.05, 4.69) is 0 Å². The van der Waals surface area contributed by atoms with Gasteiger partial charge in [-0.2, -0.15) is 0 Å². The Labute approximate surface area is 97.5 Å². The van der Waals surface area contributed by atoms with Gasteiger partial charge in [0.05, 0.1) is 5.56 Å². The van der Waals surface area contributed by atoms with E-state index >= 15 is 0 Å². The number of halogens is 2. The van der Waals surface area contributed by atoms with Crippen molar-refractivity contribution in [1.29, 1.82) is 0 Å². The lowest BCUT2D eigenvalue weighted by Crippen LogP contribution is -1.98. The average Bonchev–Trinajstić information content (AvgIpc) is 2.29. The van der Waals surface area contributed by atoms with E-state index in [9.17, 15) is 9.18 Å².